The average molecular weight is 283 g/mol. The number of nitro groups is 1. The van der Waals surface area contributed by atoms with Gasteiger partial charge in [0, 0.05) is 30.2 Å². The molecule has 0 aromatic heterocycles. The number of non-ortho nitro benzene ring substituents is 1. The number of phenols is 1. The predicted octanol–water partition coefficient (Wildman–Crippen LogP) is 0.944. The minimum Gasteiger partial charge on any atom is -0.506 e. The molecule has 0 aliphatic carbocycles. The first-order chi connectivity index (χ1) is 9.08. The molecule has 1 aliphatic heterocycles. The van der Waals surface area contributed by atoms with Crippen LogP contribution in [-0.4, -0.2) is 40.0 Å². The maximum Gasteiger partial charge on any atom is 0.271 e. The van der Waals surface area contributed by atoms with Crippen LogP contribution in [0.2, 0.25) is 0 Å². The van der Waals surface area contributed by atoms with Gasteiger partial charge < -0.3 is 15.7 Å². The summed E-state index contributed by atoms with van der Waals surface area (Å²) in [6, 6.07) is 3.16. The van der Waals surface area contributed by atoms with Crippen molar-refractivity contribution in [1.29, 1.82) is 0 Å². The van der Waals surface area contributed by atoms with E-state index in [1.165, 1.54) is 12.1 Å². The SMILES string of the molecule is O=C(Nc1cc([N+](=O)[O-])ccc1O)C1CSCCN1. The van der Waals surface area contributed by atoms with Gasteiger partial charge in [-0.25, -0.2) is 0 Å². The van der Waals surface area contributed by atoms with E-state index >= 15 is 0 Å². The average Bonchev–Trinajstić information content (AvgIpc) is 2.42. The van der Waals surface area contributed by atoms with Crippen LogP contribution in [0.4, 0.5) is 11.4 Å². The van der Waals surface area contributed by atoms with Crippen molar-refractivity contribution in [3.05, 3.63) is 28.3 Å². The molecule has 2 rings (SSSR count). The molecule has 0 radical (unpaired) electrons. The molecule has 1 fully saturated rings. The van der Waals surface area contributed by atoms with Gasteiger partial charge in [0.15, 0.2) is 0 Å². The largest absolute Gasteiger partial charge is 0.506 e. The molecule has 7 nitrogen and oxygen atoms in total. The van der Waals surface area contributed by atoms with Gasteiger partial charge in [0.25, 0.3) is 5.69 Å². The van der Waals surface area contributed by atoms with Crippen LogP contribution in [0.1, 0.15) is 0 Å². The molecule has 1 aliphatic rings. The number of amides is 1. The number of anilines is 1. The Hall–Kier alpha value is -1.80. The van der Waals surface area contributed by atoms with E-state index in [1.54, 1.807) is 11.8 Å². The van der Waals surface area contributed by atoms with Crippen LogP contribution >= 0.6 is 11.8 Å². The van der Waals surface area contributed by atoms with E-state index in [2.05, 4.69) is 10.6 Å². The zero-order chi connectivity index (χ0) is 13.8. The third-order valence-corrected chi connectivity index (χ3v) is 3.75. The number of nitrogens with zero attached hydrogens (tertiary/aromatic N) is 1. The third kappa shape index (κ3) is 3.36. The topological polar surface area (TPSA) is 104 Å². The monoisotopic (exact) mass is 283 g/mol. The number of carbonyl (C=O) groups is 1. The zero-order valence-electron chi connectivity index (χ0n) is 9.96. The van der Waals surface area contributed by atoms with E-state index in [-0.39, 0.29) is 29.1 Å². The van der Waals surface area contributed by atoms with Crippen molar-refractivity contribution in [3.8, 4) is 5.75 Å². The number of hydrogen-bond acceptors (Lipinski definition) is 6. The molecule has 0 spiro atoms. The van der Waals surface area contributed by atoms with E-state index in [1.807, 2.05) is 0 Å². The van der Waals surface area contributed by atoms with Gasteiger partial charge in [-0.05, 0) is 6.07 Å². The van der Waals surface area contributed by atoms with Gasteiger partial charge in [-0.2, -0.15) is 11.8 Å². The minimum atomic E-state index is -0.580. The summed E-state index contributed by atoms with van der Waals surface area (Å²) in [6.45, 7) is 0.740. The summed E-state index contributed by atoms with van der Waals surface area (Å²) in [7, 11) is 0. The Balaban J connectivity index is 2.11. The first kappa shape index (κ1) is 13.6. The third-order valence-electron chi connectivity index (χ3n) is 2.69. The van der Waals surface area contributed by atoms with Gasteiger partial charge >= 0.3 is 0 Å². The lowest BCUT2D eigenvalue weighted by Gasteiger charge is -2.22. The fourth-order valence-electron chi connectivity index (χ4n) is 1.69. The maximum absolute atomic E-state index is 11.9. The van der Waals surface area contributed by atoms with Crippen molar-refractivity contribution in [1.82, 2.24) is 5.32 Å². The van der Waals surface area contributed by atoms with Crippen molar-refractivity contribution < 1.29 is 14.8 Å². The fraction of sp³-hybridized carbons (Fsp3) is 0.364. The van der Waals surface area contributed by atoms with Gasteiger partial charge in [0.05, 0.1) is 16.7 Å². The number of rotatable bonds is 3. The van der Waals surface area contributed by atoms with Crippen LogP contribution in [0, 0.1) is 10.1 Å². The van der Waals surface area contributed by atoms with Crippen LogP contribution in [0.5, 0.6) is 5.75 Å². The molecule has 8 heteroatoms. The summed E-state index contributed by atoms with van der Waals surface area (Å²) < 4.78 is 0. The van der Waals surface area contributed by atoms with Crippen molar-refractivity contribution in [2.75, 3.05) is 23.4 Å². The normalized spacial score (nSPS) is 18.8. The van der Waals surface area contributed by atoms with Crippen molar-refractivity contribution in [2.24, 2.45) is 0 Å². The fourth-order valence-corrected chi connectivity index (χ4v) is 2.63. The van der Waals surface area contributed by atoms with Gasteiger partial charge in [-0.3, -0.25) is 14.9 Å². The van der Waals surface area contributed by atoms with E-state index in [0.29, 0.717) is 5.75 Å². The summed E-state index contributed by atoms with van der Waals surface area (Å²) in [5.41, 5.74) is -0.129. The predicted molar refractivity (Wildman–Crippen MR) is 72.5 cm³/mol. The Kier molecular flexibility index (Phi) is 4.23. The molecule has 1 aromatic carbocycles. The molecule has 102 valence electrons. The molecule has 1 unspecified atom stereocenters. The number of nitrogens with one attached hydrogen (secondary N) is 2. The number of phenolic OH excluding ortho intramolecular Hbond substituents is 1. The lowest BCUT2D eigenvalue weighted by Crippen LogP contribution is -2.46. The molecule has 0 saturated carbocycles. The molecule has 1 aromatic rings. The highest BCUT2D eigenvalue weighted by Crippen LogP contribution is 2.28. The van der Waals surface area contributed by atoms with Gasteiger partial charge in [-0.15, -0.1) is 0 Å². The van der Waals surface area contributed by atoms with Crippen molar-refractivity contribution >= 4 is 29.0 Å². The van der Waals surface area contributed by atoms with Gasteiger partial charge in [-0.1, -0.05) is 0 Å². The molecule has 3 N–H and O–H groups in total. The molecule has 0 bridgehead atoms. The second kappa shape index (κ2) is 5.89. The molecule has 1 amide bonds. The summed E-state index contributed by atoms with van der Waals surface area (Å²) in [5, 5.41) is 25.8. The number of benzene rings is 1. The van der Waals surface area contributed by atoms with Crippen molar-refractivity contribution in [2.45, 2.75) is 6.04 Å². The van der Waals surface area contributed by atoms with E-state index < -0.39 is 4.92 Å². The molecular formula is C11H13N3O4S. The van der Waals surface area contributed by atoms with E-state index in [9.17, 15) is 20.0 Å². The summed E-state index contributed by atoms with van der Waals surface area (Å²) in [5.74, 6) is 1.10. The highest BCUT2D eigenvalue weighted by molar-refractivity contribution is 7.99. The number of hydrogen-bond donors (Lipinski definition) is 3. The molecule has 1 saturated heterocycles. The number of nitro benzene ring substituents is 1. The molecule has 19 heavy (non-hydrogen) atoms. The molecule has 1 atom stereocenters. The number of aromatic hydroxyl groups is 1. The quantitative estimate of drug-likeness (QED) is 0.433. The van der Waals surface area contributed by atoms with Gasteiger partial charge in [0.2, 0.25) is 5.91 Å². The number of thioether (sulfide) groups is 1. The first-order valence-electron chi connectivity index (χ1n) is 5.67. The van der Waals surface area contributed by atoms with Crippen LogP contribution in [0.15, 0.2) is 18.2 Å². The van der Waals surface area contributed by atoms with Crippen molar-refractivity contribution in [3.63, 3.8) is 0 Å². The second-order valence-corrected chi connectivity index (χ2v) is 5.18. The smallest absolute Gasteiger partial charge is 0.271 e. The standard InChI is InChI=1S/C11H13N3O4S/c15-10-2-1-7(14(17)18)5-8(10)13-11(16)9-6-19-4-3-12-9/h1-2,5,9,12,15H,3-4,6H2,(H,13,16). The Morgan fingerprint density at radius 2 is 2.37 bits per heavy atom. The van der Waals surface area contributed by atoms with Gasteiger partial charge in [0.1, 0.15) is 5.75 Å². The highest BCUT2D eigenvalue weighted by Gasteiger charge is 2.22. The van der Waals surface area contributed by atoms with E-state index in [4.69, 9.17) is 0 Å². The first-order valence-corrected chi connectivity index (χ1v) is 6.83. The lowest BCUT2D eigenvalue weighted by atomic mass is 10.2. The zero-order valence-corrected chi connectivity index (χ0v) is 10.8. The Labute approximate surface area is 113 Å². The Morgan fingerprint density at radius 1 is 1.58 bits per heavy atom. The maximum atomic E-state index is 11.9. The summed E-state index contributed by atoms with van der Waals surface area (Å²) >= 11 is 1.66. The summed E-state index contributed by atoms with van der Waals surface area (Å²) in [6.07, 6.45) is 0. The van der Waals surface area contributed by atoms with Crippen LogP contribution in [0.25, 0.3) is 0 Å². The Morgan fingerprint density at radius 3 is 3.00 bits per heavy atom. The Bertz CT molecular complexity index is 503. The second-order valence-electron chi connectivity index (χ2n) is 4.03. The van der Waals surface area contributed by atoms with E-state index in [0.717, 1.165) is 18.4 Å². The molecular weight excluding hydrogens is 270 g/mol. The number of carbonyl (C=O) groups excluding carboxylic acids is 1. The van der Waals surface area contributed by atoms with Crippen LogP contribution in [-0.2, 0) is 4.79 Å². The molecule has 1 heterocycles. The highest BCUT2D eigenvalue weighted by atomic mass is 32.2. The summed E-state index contributed by atoms with van der Waals surface area (Å²) in [4.78, 5) is 22.0. The van der Waals surface area contributed by atoms with Crippen LogP contribution < -0.4 is 10.6 Å². The minimum absolute atomic E-state index is 0.0524. The lowest BCUT2D eigenvalue weighted by molar-refractivity contribution is -0.384. The van der Waals surface area contributed by atoms with Crippen LogP contribution in [0.3, 0.4) is 0 Å².